The van der Waals surface area contributed by atoms with Crippen LogP contribution >= 0.6 is 34.7 Å². The lowest BCUT2D eigenvalue weighted by atomic mass is 10.1. The van der Waals surface area contributed by atoms with Crippen molar-refractivity contribution in [1.29, 1.82) is 0 Å². The lowest BCUT2D eigenvalue weighted by molar-refractivity contribution is -0.133. The summed E-state index contributed by atoms with van der Waals surface area (Å²) in [6, 6.07) is 7.51. The number of nitrogens with one attached hydrogen (secondary N) is 1. The first-order valence-electron chi connectivity index (χ1n) is 7.70. The molecule has 0 saturated carbocycles. The fourth-order valence-corrected chi connectivity index (χ4v) is 5.15. The summed E-state index contributed by atoms with van der Waals surface area (Å²) < 4.78 is 0. The van der Waals surface area contributed by atoms with Gasteiger partial charge in [-0.05, 0) is 41.6 Å². The van der Waals surface area contributed by atoms with E-state index in [1.807, 2.05) is 11.0 Å². The van der Waals surface area contributed by atoms with E-state index in [9.17, 15) is 9.59 Å². The molecule has 0 unspecified atom stereocenters. The molecule has 124 valence electrons. The van der Waals surface area contributed by atoms with Gasteiger partial charge in [-0.25, -0.2) is 0 Å². The summed E-state index contributed by atoms with van der Waals surface area (Å²) in [7, 11) is 0. The van der Waals surface area contributed by atoms with Crippen molar-refractivity contribution in [2.45, 2.75) is 29.5 Å². The molecule has 2 amide bonds. The fraction of sp³-hybridized carbons (Fsp3) is 0.294. The van der Waals surface area contributed by atoms with Gasteiger partial charge < -0.3 is 10.2 Å². The van der Waals surface area contributed by atoms with Gasteiger partial charge in [-0.2, -0.15) is 0 Å². The van der Waals surface area contributed by atoms with E-state index < -0.39 is 5.25 Å². The van der Waals surface area contributed by atoms with Gasteiger partial charge >= 0.3 is 0 Å². The molecule has 1 atom stereocenters. The summed E-state index contributed by atoms with van der Waals surface area (Å²) in [5.74, 6) is -0.0896. The predicted octanol–water partition coefficient (Wildman–Crippen LogP) is 3.79. The van der Waals surface area contributed by atoms with Crippen molar-refractivity contribution in [1.82, 2.24) is 4.90 Å². The number of carbonyl (C=O) groups is 2. The van der Waals surface area contributed by atoms with E-state index in [4.69, 9.17) is 11.6 Å². The van der Waals surface area contributed by atoms with Crippen LogP contribution in [0.2, 0.25) is 5.02 Å². The van der Waals surface area contributed by atoms with Crippen LogP contribution in [0.3, 0.4) is 0 Å². The van der Waals surface area contributed by atoms with Gasteiger partial charge in [-0.1, -0.05) is 11.6 Å². The Balaban J connectivity index is 1.45. The number of thiophene rings is 1. The van der Waals surface area contributed by atoms with Gasteiger partial charge in [0.1, 0.15) is 0 Å². The SMILES string of the molecule is O=C1Nc2cc(Cl)ccc2S[C@H]1CC(=O)N1CCc2sccc2C1. The molecule has 4 rings (SSSR count). The Morgan fingerprint density at radius 2 is 2.25 bits per heavy atom. The monoisotopic (exact) mass is 378 g/mol. The van der Waals surface area contributed by atoms with E-state index in [-0.39, 0.29) is 18.2 Å². The van der Waals surface area contributed by atoms with Crippen LogP contribution < -0.4 is 5.32 Å². The molecule has 7 heteroatoms. The molecular weight excluding hydrogens is 364 g/mol. The Hall–Kier alpha value is -1.50. The van der Waals surface area contributed by atoms with E-state index in [0.717, 1.165) is 23.5 Å². The topological polar surface area (TPSA) is 49.4 Å². The number of benzene rings is 1. The molecule has 1 N–H and O–H groups in total. The fourth-order valence-electron chi connectivity index (χ4n) is 3.01. The number of carbonyl (C=O) groups excluding carboxylic acids is 2. The first kappa shape index (κ1) is 16.0. The second kappa shape index (κ2) is 6.43. The number of hydrogen-bond donors (Lipinski definition) is 1. The summed E-state index contributed by atoms with van der Waals surface area (Å²) in [4.78, 5) is 29.1. The van der Waals surface area contributed by atoms with E-state index in [1.165, 1.54) is 22.2 Å². The maximum absolute atomic E-state index is 12.6. The minimum Gasteiger partial charge on any atom is -0.338 e. The predicted molar refractivity (Wildman–Crippen MR) is 97.8 cm³/mol. The van der Waals surface area contributed by atoms with Gasteiger partial charge in [-0.15, -0.1) is 23.1 Å². The molecular formula is C17H15ClN2O2S2. The van der Waals surface area contributed by atoms with Gasteiger partial charge in [0.05, 0.1) is 10.9 Å². The normalized spacial score (nSPS) is 19.5. The van der Waals surface area contributed by atoms with Gasteiger partial charge in [0.2, 0.25) is 11.8 Å². The maximum atomic E-state index is 12.6. The lowest BCUT2D eigenvalue weighted by Crippen LogP contribution is -2.39. The van der Waals surface area contributed by atoms with Crippen molar-refractivity contribution < 1.29 is 9.59 Å². The third kappa shape index (κ3) is 3.06. The quantitative estimate of drug-likeness (QED) is 0.864. The number of rotatable bonds is 2. The molecule has 24 heavy (non-hydrogen) atoms. The average molecular weight is 379 g/mol. The minimum absolute atomic E-state index is 0.0388. The highest BCUT2D eigenvalue weighted by molar-refractivity contribution is 8.01. The Kier molecular flexibility index (Phi) is 4.28. The zero-order valence-corrected chi connectivity index (χ0v) is 15.1. The molecule has 1 aromatic carbocycles. The van der Waals surface area contributed by atoms with Crippen LogP contribution in [0.4, 0.5) is 5.69 Å². The Morgan fingerprint density at radius 1 is 1.38 bits per heavy atom. The second-order valence-electron chi connectivity index (χ2n) is 5.87. The molecule has 1 aromatic heterocycles. The number of thioether (sulfide) groups is 1. The molecule has 2 aromatic rings. The highest BCUT2D eigenvalue weighted by Gasteiger charge is 2.31. The number of hydrogen-bond acceptors (Lipinski definition) is 4. The molecule has 0 spiro atoms. The van der Waals surface area contributed by atoms with Crippen molar-refractivity contribution in [3.05, 3.63) is 45.1 Å². The van der Waals surface area contributed by atoms with Crippen LogP contribution in [-0.2, 0) is 22.6 Å². The van der Waals surface area contributed by atoms with E-state index in [1.54, 1.807) is 23.5 Å². The average Bonchev–Trinajstić information content (AvgIpc) is 3.03. The molecule has 2 aliphatic rings. The third-order valence-corrected chi connectivity index (χ3v) is 6.81. The van der Waals surface area contributed by atoms with E-state index in [0.29, 0.717) is 11.6 Å². The molecule has 0 bridgehead atoms. The number of nitrogens with zero attached hydrogens (tertiary/aromatic N) is 1. The number of halogens is 1. The van der Waals surface area contributed by atoms with Gasteiger partial charge in [-0.3, -0.25) is 9.59 Å². The largest absolute Gasteiger partial charge is 0.338 e. The van der Waals surface area contributed by atoms with Crippen LogP contribution in [0.15, 0.2) is 34.5 Å². The summed E-state index contributed by atoms with van der Waals surface area (Å²) in [5.41, 5.74) is 1.96. The molecule has 0 radical (unpaired) electrons. The number of amides is 2. The van der Waals surface area contributed by atoms with Crippen molar-refractivity contribution in [3.8, 4) is 0 Å². The van der Waals surface area contributed by atoms with Crippen LogP contribution in [0.25, 0.3) is 0 Å². The molecule has 0 aliphatic carbocycles. The number of anilines is 1. The summed E-state index contributed by atoms with van der Waals surface area (Å²) in [6.07, 6.45) is 1.13. The Bertz CT molecular complexity index is 821. The third-order valence-electron chi connectivity index (χ3n) is 4.28. The molecule has 2 aliphatic heterocycles. The number of fused-ring (bicyclic) bond motifs is 2. The minimum atomic E-state index is -0.393. The van der Waals surface area contributed by atoms with Crippen molar-refractivity contribution in [2.24, 2.45) is 0 Å². The highest BCUT2D eigenvalue weighted by Crippen LogP contribution is 2.38. The van der Waals surface area contributed by atoms with Gasteiger partial charge in [0.15, 0.2) is 0 Å². The lowest BCUT2D eigenvalue weighted by Gasteiger charge is -2.29. The molecule has 3 heterocycles. The molecule has 0 saturated heterocycles. The first-order valence-corrected chi connectivity index (χ1v) is 9.84. The van der Waals surface area contributed by atoms with Crippen LogP contribution in [0.5, 0.6) is 0 Å². The summed E-state index contributed by atoms with van der Waals surface area (Å²) in [6.45, 7) is 1.39. The summed E-state index contributed by atoms with van der Waals surface area (Å²) in [5, 5.41) is 5.13. The van der Waals surface area contributed by atoms with Crippen molar-refractivity contribution in [2.75, 3.05) is 11.9 Å². The highest BCUT2D eigenvalue weighted by atomic mass is 35.5. The zero-order valence-electron chi connectivity index (χ0n) is 12.8. The van der Waals surface area contributed by atoms with Crippen molar-refractivity contribution in [3.63, 3.8) is 0 Å². The van der Waals surface area contributed by atoms with Crippen LogP contribution in [-0.4, -0.2) is 28.5 Å². The Morgan fingerprint density at radius 3 is 3.12 bits per heavy atom. The van der Waals surface area contributed by atoms with Crippen LogP contribution in [0.1, 0.15) is 16.9 Å². The van der Waals surface area contributed by atoms with Crippen LogP contribution in [0, 0.1) is 0 Å². The summed E-state index contributed by atoms with van der Waals surface area (Å²) >= 11 is 9.15. The first-order chi connectivity index (χ1) is 11.6. The van der Waals surface area contributed by atoms with Crippen molar-refractivity contribution >= 4 is 52.2 Å². The van der Waals surface area contributed by atoms with E-state index >= 15 is 0 Å². The van der Waals surface area contributed by atoms with E-state index in [2.05, 4.69) is 16.8 Å². The zero-order chi connectivity index (χ0) is 16.7. The smallest absolute Gasteiger partial charge is 0.238 e. The molecule has 0 fully saturated rings. The molecule has 4 nitrogen and oxygen atoms in total. The van der Waals surface area contributed by atoms with Gasteiger partial charge in [0.25, 0.3) is 0 Å². The maximum Gasteiger partial charge on any atom is 0.238 e. The Labute approximate surface area is 153 Å². The standard InChI is InChI=1S/C17H15ClN2O2S2/c18-11-1-2-14-12(7-11)19-17(22)15(24-14)8-16(21)20-5-3-13-10(9-20)4-6-23-13/h1-2,4,6-7,15H,3,5,8-9H2,(H,19,22)/t15-/m0/s1. The second-order valence-corrected chi connectivity index (χ2v) is 8.56. The van der Waals surface area contributed by atoms with Gasteiger partial charge in [0, 0.05) is 34.3 Å².